The monoisotopic (exact) mass is 249 g/mol. The molecule has 1 aliphatic rings. The lowest BCUT2D eigenvalue weighted by molar-refractivity contribution is 0.0954. The number of morpholine rings is 1. The molecule has 0 saturated carbocycles. The lowest BCUT2D eigenvalue weighted by Crippen LogP contribution is -2.38. The number of rotatable bonds is 3. The van der Waals surface area contributed by atoms with Crippen LogP contribution in [0.15, 0.2) is 18.2 Å². The Morgan fingerprint density at radius 2 is 2.17 bits per heavy atom. The number of amides is 1. The first kappa shape index (κ1) is 12.7. The Morgan fingerprint density at radius 1 is 1.44 bits per heavy atom. The van der Waals surface area contributed by atoms with Crippen molar-refractivity contribution in [3.63, 3.8) is 0 Å². The standard InChI is InChI=1S/C13H19N3O2/c1-2-15-13(17)11-4-3-10(14)9-12(11)16-5-7-18-8-6-16/h3-4,9H,2,5-8,14H2,1H3,(H,15,17). The number of nitrogens with zero attached hydrogens (tertiary/aromatic N) is 1. The van der Waals surface area contributed by atoms with Crippen molar-refractivity contribution in [2.45, 2.75) is 6.92 Å². The van der Waals surface area contributed by atoms with Crippen LogP contribution in [0, 0.1) is 0 Å². The zero-order valence-electron chi connectivity index (χ0n) is 10.6. The van der Waals surface area contributed by atoms with Gasteiger partial charge in [0, 0.05) is 25.3 Å². The zero-order chi connectivity index (χ0) is 13.0. The van der Waals surface area contributed by atoms with Crippen molar-refractivity contribution in [2.75, 3.05) is 43.5 Å². The Kier molecular flexibility index (Phi) is 4.04. The summed E-state index contributed by atoms with van der Waals surface area (Å²) in [6.07, 6.45) is 0. The highest BCUT2D eigenvalue weighted by molar-refractivity contribution is 6.00. The number of ether oxygens (including phenoxy) is 1. The third kappa shape index (κ3) is 2.73. The molecule has 1 saturated heterocycles. The van der Waals surface area contributed by atoms with Gasteiger partial charge in [-0.3, -0.25) is 4.79 Å². The first-order chi connectivity index (χ1) is 8.72. The van der Waals surface area contributed by atoms with E-state index in [4.69, 9.17) is 10.5 Å². The van der Waals surface area contributed by atoms with Gasteiger partial charge in [-0.05, 0) is 25.1 Å². The highest BCUT2D eigenvalue weighted by Gasteiger charge is 2.18. The number of benzene rings is 1. The number of carbonyl (C=O) groups excluding carboxylic acids is 1. The van der Waals surface area contributed by atoms with Crippen LogP contribution in [-0.4, -0.2) is 38.8 Å². The largest absolute Gasteiger partial charge is 0.399 e. The minimum absolute atomic E-state index is 0.0565. The number of anilines is 2. The predicted octanol–water partition coefficient (Wildman–Crippen LogP) is 0.855. The second-order valence-corrected chi connectivity index (χ2v) is 4.24. The summed E-state index contributed by atoms with van der Waals surface area (Å²) in [6.45, 7) is 5.47. The van der Waals surface area contributed by atoms with Crippen LogP contribution in [-0.2, 0) is 4.74 Å². The van der Waals surface area contributed by atoms with Gasteiger partial charge in [-0.15, -0.1) is 0 Å². The van der Waals surface area contributed by atoms with Crippen LogP contribution in [0.5, 0.6) is 0 Å². The van der Waals surface area contributed by atoms with Gasteiger partial charge in [0.1, 0.15) is 0 Å². The number of nitrogen functional groups attached to an aromatic ring is 1. The van der Waals surface area contributed by atoms with Gasteiger partial charge in [-0.1, -0.05) is 0 Å². The Labute approximate surface area is 107 Å². The molecular formula is C13H19N3O2. The number of hydrogen-bond acceptors (Lipinski definition) is 4. The van der Waals surface area contributed by atoms with E-state index in [1.807, 2.05) is 13.0 Å². The summed E-state index contributed by atoms with van der Waals surface area (Å²) >= 11 is 0. The smallest absolute Gasteiger partial charge is 0.253 e. The quantitative estimate of drug-likeness (QED) is 0.779. The number of nitrogens with two attached hydrogens (primary N) is 1. The van der Waals surface area contributed by atoms with E-state index in [1.54, 1.807) is 12.1 Å². The molecule has 1 aromatic rings. The van der Waals surface area contributed by atoms with E-state index >= 15 is 0 Å². The second kappa shape index (κ2) is 5.73. The Bertz CT molecular complexity index is 428. The van der Waals surface area contributed by atoms with E-state index in [2.05, 4.69) is 10.2 Å². The van der Waals surface area contributed by atoms with Gasteiger partial charge in [0.05, 0.1) is 24.5 Å². The van der Waals surface area contributed by atoms with E-state index in [0.29, 0.717) is 31.0 Å². The second-order valence-electron chi connectivity index (χ2n) is 4.24. The van der Waals surface area contributed by atoms with Gasteiger partial charge < -0.3 is 20.7 Å². The van der Waals surface area contributed by atoms with Crippen LogP contribution in [0.1, 0.15) is 17.3 Å². The Balaban J connectivity index is 2.30. The van der Waals surface area contributed by atoms with Crippen molar-refractivity contribution in [2.24, 2.45) is 0 Å². The molecule has 0 unspecified atom stereocenters. The summed E-state index contributed by atoms with van der Waals surface area (Å²) in [4.78, 5) is 14.2. The molecule has 1 fully saturated rings. The topological polar surface area (TPSA) is 67.6 Å². The fourth-order valence-corrected chi connectivity index (χ4v) is 2.06. The molecule has 5 heteroatoms. The molecule has 3 N–H and O–H groups in total. The Morgan fingerprint density at radius 3 is 2.83 bits per heavy atom. The van der Waals surface area contributed by atoms with Gasteiger partial charge in [0.25, 0.3) is 5.91 Å². The first-order valence-corrected chi connectivity index (χ1v) is 6.22. The summed E-state index contributed by atoms with van der Waals surface area (Å²) in [5.74, 6) is -0.0565. The molecule has 1 heterocycles. The maximum Gasteiger partial charge on any atom is 0.253 e. The first-order valence-electron chi connectivity index (χ1n) is 6.22. The zero-order valence-corrected chi connectivity index (χ0v) is 10.6. The third-order valence-corrected chi connectivity index (χ3v) is 2.96. The van der Waals surface area contributed by atoms with Crippen molar-refractivity contribution >= 4 is 17.3 Å². The van der Waals surface area contributed by atoms with Crippen molar-refractivity contribution in [3.05, 3.63) is 23.8 Å². The molecule has 0 radical (unpaired) electrons. The molecule has 98 valence electrons. The van der Waals surface area contributed by atoms with E-state index in [-0.39, 0.29) is 5.91 Å². The number of hydrogen-bond donors (Lipinski definition) is 2. The molecule has 18 heavy (non-hydrogen) atoms. The van der Waals surface area contributed by atoms with Gasteiger partial charge in [0.15, 0.2) is 0 Å². The van der Waals surface area contributed by atoms with Crippen molar-refractivity contribution in [3.8, 4) is 0 Å². The molecule has 0 atom stereocenters. The summed E-state index contributed by atoms with van der Waals surface area (Å²) < 4.78 is 5.33. The molecule has 0 bridgehead atoms. The normalized spacial score (nSPS) is 15.5. The van der Waals surface area contributed by atoms with Crippen molar-refractivity contribution < 1.29 is 9.53 Å². The average molecular weight is 249 g/mol. The summed E-state index contributed by atoms with van der Waals surface area (Å²) in [6, 6.07) is 5.40. The number of nitrogens with one attached hydrogen (secondary N) is 1. The summed E-state index contributed by atoms with van der Waals surface area (Å²) in [5, 5.41) is 2.82. The molecule has 1 aliphatic heterocycles. The van der Waals surface area contributed by atoms with Gasteiger partial charge in [-0.25, -0.2) is 0 Å². The number of carbonyl (C=O) groups is 1. The van der Waals surface area contributed by atoms with Crippen LogP contribution < -0.4 is 16.0 Å². The SMILES string of the molecule is CCNC(=O)c1ccc(N)cc1N1CCOCC1. The lowest BCUT2D eigenvalue weighted by atomic mass is 10.1. The minimum atomic E-state index is -0.0565. The van der Waals surface area contributed by atoms with Crippen LogP contribution in [0.3, 0.4) is 0 Å². The molecular weight excluding hydrogens is 230 g/mol. The molecule has 0 spiro atoms. The van der Waals surface area contributed by atoms with Crippen LogP contribution >= 0.6 is 0 Å². The molecule has 1 amide bonds. The van der Waals surface area contributed by atoms with Crippen molar-refractivity contribution in [1.29, 1.82) is 0 Å². The van der Waals surface area contributed by atoms with Crippen LogP contribution in [0.25, 0.3) is 0 Å². The highest BCUT2D eigenvalue weighted by atomic mass is 16.5. The van der Waals surface area contributed by atoms with Gasteiger partial charge in [0.2, 0.25) is 0 Å². The van der Waals surface area contributed by atoms with E-state index in [1.165, 1.54) is 0 Å². The lowest BCUT2D eigenvalue weighted by Gasteiger charge is -2.30. The Hall–Kier alpha value is -1.75. The van der Waals surface area contributed by atoms with Crippen molar-refractivity contribution in [1.82, 2.24) is 5.32 Å². The average Bonchev–Trinajstić information content (AvgIpc) is 2.40. The molecule has 5 nitrogen and oxygen atoms in total. The van der Waals surface area contributed by atoms with Gasteiger partial charge in [-0.2, -0.15) is 0 Å². The molecule has 0 aromatic heterocycles. The maximum absolute atomic E-state index is 12.0. The van der Waals surface area contributed by atoms with E-state index in [0.717, 1.165) is 18.8 Å². The van der Waals surface area contributed by atoms with E-state index < -0.39 is 0 Å². The fourth-order valence-electron chi connectivity index (χ4n) is 2.06. The maximum atomic E-state index is 12.0. The minimum Gasteiger partial charge on any atom is -0.399 e. The molecule has 1 aromatic carbocycles. The predicted molar refractivity (Wildman–Crippen MR) is 71.9 cm³/mol. The summed E-state index contributed by atoms with van der Waals surface area (Å²) in [7, 11) is 0. The summed E-state index contributed by atoms with van der Waals surface area (Å²) in [5.41, 5.74) is 8.06. The fraction of sp³-hybridized carbons (Fsp3) is 0.462. The van der Waals surface area contributed by atoms with Crippen LogP contribution in [0.2, 0.25) is 0 Å². The molecule has 0 aliphatic carbocycles. The van der Waals surface area contributed by atoms with Crippen LogP contribution in [0.4, 0.5) is 11.4 Å². The van der Waals surface area contributed by atoms with E-state index in [9.17, 15) is 4.79 Å². The highest BCUT2D eigenvalue weighted by Crippen LogP contribution is 2.24. The molecule has 2 rings (SSSR count). The van der Waals surface area contributed by atoms with Gasteiger partial charge >= 0.3 is 0 Å². The third-order valence-electron chi connectivity index (χ3n) is 2.96.